The van der Waals surface area contributed by atoms with Crippen molar-refractivity contribution in [1.29, 1.82) is 0 Å². The van der Waals surface area contributed by atoms with Crippen LogP contribution in [0.1, 0.15) is 36.8 Å². The van der Waals surface area contributed by atoms with Crippen LogP contribution in [-0.4, -0.2) is 76.5 Å². The smallest absolute Gasteiger partial charge is 0.326 e. The average molecular weight is 598 g/mol. The predicted molar refractivity (Wildman–Crippen MR) is 158 cm³/mol. The Bertz CT molecular complexity index is 1250. The summed E-state index contributed by atoms with van der Waals surface area (Å²) in [6.07, 6.45) is -0.269. The summed E-state index contributed by atoms with van der Waals surface area (Å²) >= 11 is 0. The summed E-state index contributed by atoms with van der Waals surface area (Å²) in [4.78, 5) is 66.5. The van der Waals surface area contributed by atoms with Gasteiger partial charge < -0.3 is 43.4 Å². The van der Waals surface area contributed by atoms with E-state index in [-0.39, 0.29) is 44.6 Å². The number of aliphatic imine (C=N–C) groups is 1. The SMILES string of the molecule is NC(N)=NCCC[C@H](NC(=O)[C@H](Cc1ccccc1)NC(=O)[C@H](CCC(=O)O)NC(=O)[C@@H](N)Cc1ccccc1)C(=O)O. The third kappa shape index (κ3) is 13.0. The lowest BCUT2D eigenvalue weighted by molar-refractivity contribution is -0.142. The van der Waals surface area contributed by atoms with Crippen LogP contribution in [0.15, 0.2) is 65.7 Å². The van der Waals surface area contributed by atoms with Crippen molar-refractivity contribution in [3.05, 3.63) is 71.8 Å². The minimum absolute atomic E-state index is 0.00806. The van der Waals surface area contributed by atoms with Crippen LogP contribution in [0.5, 0.6) is 0 Å². The summed E-state index contributed by atoms with van der Waals surface area (Å²) in [6, 6.07) is 12.8. The summed E-state index contributed by atoms with van der Waals surface area (Å²) in [6.45, 7) is 0.156. The molecular weight excluding hydrogens is 558 g/mol. The summed E-state index contributed by atoms with van der Waals surface area (Å²) in [5.74, 6) is -4.91. The lowest BCUT2D eigenvalue weighted by atomic mass is 10.0. The summed E-state index contributed by atoms with van der Waals surface area (Å²) < 4.78 is 0. The molecule has 0 saturated carbocycles. The molecule has 11 N–H and O–H groups in total. The Labute approximate surface area is 249 Å². The highest BCUT2D eigenvalue weighted by Gasteiger charge is 2.31. The van der Waals surface area contributed by atoms with E-state index < -0.39 is 60.2 Å². The second-order valence-corrected chi connectivity index (χ2v) is 9.89. The molecule has 0 spiro atoms. The molecule has 4 atom stereocenters. The van der Waals surface area contributed by atoms with Gasteiger partial charge in [-0.2, -0.15) is 0 Å². The first-order valence-electron chi connectivity index (χ1n) is 13.7. The van der Waals surface area contributed by atoms with E-state index in [1.54, 1.807) is 54.6 Å². The lowest BCUT2D eigenvalue weighted by Crippen LogP contribution is -2.57. The average Bonchev–Trinajstić information content (AvgIpc) is 2.96. The van der Waals surface area contributed by atoms with Crippen molar-refractivity contribution in [2.24, 2.45) is 22.2 Å². The van der Waals surface area contributed by atoms with Gasteiger partial charge in [-0.05, 0) is 36.8 Å². The number of guanidine groups is 1. The number of nitrogens with two attached hydrogens (primary N) is 3. The Kier molecular flexibility index (Phi) is 14.1. The van der Waals surface area contributed by atoms with Crippen molar-refractivity contribution >= 4 is 35.6 Å². The highest BCUT2D eigenvalue weighted by atomic mass is 16.4. The second kappa shape index (κ2) is 17.7. The van der Waals surface area contributed by atoms with E-state index in [9.17, 15) is 34.2 Å². The van der Waals surface area contributed by atoms with Gasteiger partial charge in [0.15, 0.2) is 5.96 Å². The number of carbonyl (C=O) groups excluding carboxylic acids is 3. The van der Waals surface area contributed by atoms with Gasteiger partial charge in [0.05, 0.1) is 6.04 Å². The normalized spacial score (nSPS) is 13.4. The molecule has 14 heteroatoms. The maximum atomic E-state index is 13.4. The van der Waals surface area contributed by atoms with Gasteiger partial charge in [-0.25, -0.2) is 4.79 Å². The van der Waals surface area contributed by atoms with E-state index in [2.05, 4.69) is 20.9 Å². The van der Waals surface area contributed by atoms with Crippen molar-refractivity contribution < 1.29 is 34.2 Å². The molecule has 0 radical (unpaired) electrons. The second-order valence-electron chi connectivity index (χ2n) is 9.89. The maximum absolute atomic E-state index is 13.4. The fraction of sp³-hybridized carbons (Fsp3) is 0.379. The van der Waals surface area contributed by atoms with Crippen LogP contribution in [-0.2, 0) is 36.8 Å². The zero-order chi connectivity index (χ0) is 31.8. The number of nitrogens with zero attached hydrogens (tertiary/aromatic N) is 1. The Morgan fingerprint density at radius 3 is 1.74 bits per heavy atom. The first-order chi connectivity index (χ1) is 20.5. The first-order valence-corrected chi connectivity index (χ1v) is 13.7. The summed E-state index contributed by atoms with van der Waals surface area (Å²) in [5, 5.41) is 26.4. The molecule has 0 aliphatic carbocycles. The molecule has 2 aromatic carbocycles. The number of benzene rings is 2. The number of hydrogen-bond donors (Lipinski definition) is 8. The number of rotatable bonds is 18. The van der Waals surface area contributed by atoms with Gasteiger partial charge in [0.2, 0.25) is 17.7 Å². The number of carboxylic acids is 2. The van der Waals surface area contributed by atoms with E-state index in [0.717, 1.165) is 5.56 Å². The largest absolute Gasteiger partial charge is 0.481 e. The van der Waals surface area contributed by atoms with Crippen LogP contribution >= 0.6 is 0 Å². The molecule has 0 bridgehead atoms. The maximum Gasteiger partial charge on any atom is 0.326 e. The third-order valence-electron chi connectivity index (χ3n) is 6.39. The summed E-state index contributed by atoms with van der Waals surface area (Å²) in [7, 11) is 0. The molecule has 232 valence electrons. The molecule has 0 aromatic heterocycles. The number of aliphatic carboxylic acids is 2. The van der Waals surface area contributed by atoms with Gasteiger partial charge in [-0.15, -0.1) is 0 Å². The quantitative estimate of drug-likeness (QED) is 0.0606. The molecule has 0 saturated heterocycles. The molecule has 3 amide bonds. The zero-order valence-electron chi connectivity index (χ0n) is 23.6. The Morgan fingerprint density at radius 1 is 0.698 bits per heavy atom. The molecule has 14 nitrogen and oxygen atoms in total. The zero-order valence-corrected chi connectivity index (χ0v) is 23.6. The van der Waals surface area contributed by atoms with Crippen molar-refractivity contribution in [1.82, 2.24) is 16.0 Å². The van der Waals surface area contributed by atoms with Crippen LogP contribution in [0, 0.1) is 0 Å². The molecule has 2 aromatic rings. The molecular formula is C29H39N7O7. The highest BCUT2D eigenvalue weighted by Crippen LogP contribution is 2.08. The fourth-order valence-electron chi connectivity index (χ4n) is 4.14. The van der Waals surface area contributed by atoms with Crippen molar-refractivity contribution in [3.63, 3.8) is 0 Å². The Morgan fingerprint density at radius 2 is 1.21 bits per heavy atom. The molecule has 0 unspecified atom stereocenters. The van der Waals surface area contributed by atoms with Crippen molar-refractivity contribution in [2.45, 2.75) is 62.7 Å². The van der Waals surface area contributed by atoms with E-state index >= 15 is 0 Å². The van der Waals surface area contributed by atoms with Crippen molar-refractivity contribution in [2.75, 3.05) is 6.54 Å². The Balaban J connectivity index is 2.20. The van der Waals surface area contributed by atoms with E-state index in [1.165, 1.54) is 0 Å². The number of carbonyl (C=O) groups is 5. The number of nitrogens with one attached hydrogen (secondary N) is 3. The first kappa shape index (κ1) is 34.2. The van der Waals surface area contributed by atoms with Gasteiger partial charge in [0, 0.05) is 19.4 Å². The van der Waals surface area contributed by atoms with Crippen LogP contribution in [0.25, 0.3) is 0 Å². The van der Waals surface area contributed by atoms with Crippen molar-refractivity contribution in [3.8, 4) is 0 Å². The van der Waals surface area contributed by atoms with Gasteiger partial charge in [-0.3, -0.25) is 24.2 Å². The van der Waals surface area contributed by atoms with Gasteiger partial charge >= 0.3 is 11.9 Å². The molecule has 0 fully saturated rings. The van der Waals surface area contributed by atoms with Gasteiger partial charge in [-0.1, -0.05) is 60.7 Å². The van der Waals surface area contributed by atoms with E-state index in [1.807, 2.05) is 6.07 Å². The number of hydrogen-bond acceptors (Lipinski definition) is 7. The van der Waals surface area contributed by atoms with E-state index in [0.29, 0.717) is 5.56 Å². The predicted octanol–water partition coefficient (Wildman–Crippen LogP) is -0.743. The molecule has 0 aliphatic heterocycles. The standard InChI is InChI=1S/C29H39N7O7/c30-20(16-18-8-3-1-4-9-18)25(39)34-21(13-14-24(37)38)26(40)36-23(17-19-10-5-2-6-11-19)27(41)35-22(28(42)43)12-7-15-33-29(31)32/h1-6,8-11,20-23H,7,12-17,30H2,(H,34,39)(H,35,41)(H,36,40)(H,37,38)(H,42,43)(H4,31,32,33)/t20-,21-,22-,23-/m0/s1. The molecule has 0 heterocycles. The lowest BCUT2D eigenvalue weighted by Gasteiger charge is -2.25. The van der Waals surface area contributed by atoms with Crippen LogP contribution < -0.4 is 33.2 Å². The van der Waals surface area contributed by atoms with Gasteiger partial charge in [0.25, 0.3) is 0 Å². The number of carboxylic acid groups (broad SMARTS) is 2. The third-order valence-corrected chi connectivity index (χ3v) is 6.39. The molecule has 0 aliphatic rings. The summed E-state index contributed by atoms with van der Waals surface area (Å²) in [5.41, 5.74) is 18.1. The highest BCUT2D eigenvalue weighted by molar-refractivity contribution is 5.94. The molecule has 2 rings (SSSR count). The Hall–Kier alpha value is -4.98. The minimum atomic E-state index is -1.33. The van der Waals surface area contributed by atoms with Gasteiger partial charge in [0.1, 0.15) is 18.1 Å². The topological polar surface area (TPSA) is 252 Å². The monoisotopic (exact) mass is 597 g/mol. The van der Waals surface area contributed by atoms with E-state index in [4.69, 9.17) is 17.2 Å². The number of amides is 3. The van der Waals surface area contributed by atoms with Crippen LogP contribution in [0.2, 0.25) is 0 Å². The van der Waals surface area contributed by atoms with Crippen LogP contribution in [0.4, 0.5) is 0 Å². The molecule has 43 heavy (non-hydrogen) atoms. The minimum Gasteiger partial charge on any atom is -0.481 e. The fourth-order valence-corrected chi connectivity index (χ4v) is 4.14. The van der Waals surface area contributed by atoms with Crippen LogP contribution in [0.3, 0.4) is 0 Å².